The predicted octanol–water partition coefficient (Wildman–Crippen LogP) is 2.17. The molecule has 1 aliphatic rings. The van der Waals surface area contributed by atoms with Crippen molar-refractivity contribution in [2.24, 2.45) is 0 Å². The molecule has 0 saturated carbocycles. The number of hydrogen-bond donors (Lipinski definition) is 1. The second-order valence-corrected chi connectivity index (χ2v) is 8.91. The molecule has 5 nitrogen and oxygen atoms in total. The van der Waals surface area contributed by atoms with Gasteiger partial charge in [-0.3, -0.25) is 4.79 Å². The second kappa shape index (κ2) is 6.01. The van der Waals surface area contributed by atoms with Crippen molar-refractivity contribution >= 4 is 27.1 Å². The quantitative estimate of drug-likeness (QED) is 0.917. The first-order chi connectivity index (χ1) is 10.9. The summed E-state index contributed by atoms with van der Waals surface area (Å²) in [6.07, 6.45) is 0.414. The van der Waals surface area contributed by atoms with Gasteiger partial charge >= 0.3 is 0 Å². The van der Waals surface area contributed by atoms with Gasteiger partial charge in [-0.05, 0) is 25.5 Å². The van der Waals surface area contributed by atoms with Crippen molar-refractivity contribution < 1.29 is 17.6 Å². The van der Waals surface area contributed by atoms with Crippen LogP contribution in [-0.4, -0.2) is 36.9 Å². The van der Waals surface area contributed by atoms with Gasteiger partial charge in [0.1, 0.15) is 16.5 Å². The monoisotopic (exact) mass is 354 g/mol. The normalized spacial score (nSPS) is 19.7. The largest absolute Gasteiger partial charge is 0.347 e. The van der Waals surface area contributed by atoms with E-state index < -0.39 is 21.6 Å². The molecule has 1 aromatic carbocycles. The van der Waals surface area contributed by atoms with Crippen molar-refractivity contribution in [3.63, 3.8) is 0 Å². The van der Waals surface area contributed by atoms with Crippen LogP contribution in [0.3, 0.4) is 0 Å². The number of sulfone groups is 1. The number of carbonyl (C=O) groups is 1. The van der Waals surface area contributed by atoms with Gasteiger partial charge in [-0.25, -0.2) is 17.8 Å². The number of nitrogens with one attached hydrogen (secondary N) is 1. The number of benzene rings is 1. The van der Waals surface area contributed by atoms with Gasteiger partial charge in [0.05, 0.1) is 11.5 Å². The fourth-order valence-corrected chi connectivity index (χ4v) is 5.13. The zero-order valence-electron chi connectivity index (χ0n) is 12.4. The van der Waals surface area contributed by atoms with Gasteiger partial charge in [0.2, 0.25) is 0 Å². The molecule has 1 aliphatic heterocycles. The van der Waals surface area contributed by atoms with Gasteiger partial charge < -0.3 is 5.32 Å². The summed E-state index contributed by atoms with van der Waals surface area (Å²) in [6.45, 7) is 1.74. The van der Waals surface area contributed by atoms with Crippen LogP contribution in [0.5, 0.6) is 0 Å². The van der Waals surface area contributed by atoms with E-state index in [-0.39, 0.29) is 23.2 Å². The molecule has 0 spiro atoms. The third kappa shape index (κ3) is 3.42. The van der Waals surface area contributed by atoms with Crippen LogP contribution < -0.4 is 5.32 Å². The molecular weight excluding hydrogens is 339 g/mol. The zero-order chi connectivity index (χ0) is 16.6. The van der Waals surface area contributed by atoms with Crippen LogP contribution in [0.2, 0.25) is 0 Å². The van der Waals surface area contributed by atoms with Crippen LogP contribution in [0.4, 0.5) is 4.39 Å². The molecule has 1 fully saturated rings. The Balaban J connectivity index is 1.81. The highest BCUT2D eigenvalue weighted by atomic mass is 32.2. The van der Waals surface area contributed by atoms with E-state index in [1.165, 1.54) is 17.4 Å². The summed E-state index contributed by atoms with van der Waals surface area (Å²) >= 11 is 1.24. The number of rotatable bonds is 3. The highest BCUT2D eigenvalue weighted by Gasteiger charge is 2.30. The Morgan fingerprint density at radius 1 is 1.39 bits per heavy atom. The van der Waals surface area contributed by atoms with Crippen LogP contribution in [0.25, 0.3) is 10.6 Å². The molecule has 1 saturated heterocycles. The fourth-order valence-electron chi connectivity index (χ4n) is 2.52. The van der Waals surface area contributed by atoms with Gasteiger partial charge in [0, 0.05) is 16.5 Å². The van der Waals surface area contributed by atoms with E-state index in [1.807, 2.05) is 0 Å². The summed E-state index contributed by atoms with van der Waals surface area (Å²) in [5.74, 6) is -0.755. The molecule has 0 aliphatic carbocycles. The molecular formula is C15H15FN2O3S2. The average Bonchev–Trinajstić information content (AvgIpc) is 3.02. The maximum Gasteiger partial charge on any atom is 0.271 e. The van der Waals surface area contributed by atoms with E-state index in [4.69, 9.17) is 0 Å². The third-order valence-corrected chi connectivity index (χ3v) is 6.46. The highest BCUT2D eigenvalue weighted by molar-refractivity contribution is 7.91. The van der Waals surface area contributed by atoms with Crippen LogP contribution >= 0.6 is 11.3 Å². The van der Waals surface area contributed by atoms with E-state index in [1.54, 1.807) is 25.1 Å². The Bertz CT molecular complexity index is 861. The minimum Gasteiger partial charge on any atom is -0.347 e. The minimum absolute atomic E-state index is 0.0396. The van der Waals surface area contributed by atoms with Crippen molar-refractivity contribution in [3.05, 3.63) is 40.7 Å². The standard InChI is InChI=1S/C15H15FN2O3S2/c1-9-13(14(19)17-10-6-7-23(20,21)8-10)18-15(22-9)11-4-2-3-5-12(11)16/h2-5,10H,6-8H2,1H3,(H,17,19)/t10-/m0/s1. The van der Waals surface area contributed by atoms with Crippen molar-refractivity contribution in [1.29, 1.82) is 0 Å². The number of aromatic nitrogens is 1. The SMILES string of the molecule is Cc1sc(-c2ccccc2F)nc1C(=O)N[C@H]1CCS(=O)(=O)C1. The third-order valence-electron chi connectivity index (χ3n) is 3.68. The molecule has 122 valence electrons. The van der Waals surface area contributed by atoms with E-state index in [0.29, 0.717) is 21.9 Å². The van der Waals surface area contributed by atoms with Gasteiger partial charge in [0.25, 0.3) is 5.91 Å². The van der Waals surface area contributed by atoms with Crippen LogP contribution in [0, 0.1) is 12.7 Å². The second-order valence-electron chi connectivity index (χ2n) is 5.48. The Morgan fingerprint density at radius 3 is 2.78 bits per heavy atom. The van der Waals surface area contributed by atoms with Gasteiger partial charge in [-0.2, -0.15) is 0 Å². The molecule has 23 heavy (non-hydrogen) atoms. The first-order valence-electron chi connectivity index (χ1n) is 7.09. The Hall–Kier alpha value is -1.80. The Morgan fingerprint density at radius 2 is 2.13 bits per heavy atom. The van der Waals surface area contributed by atoms with Crippen LogP contribution in [-0.2, 0) is 9.84 Å². The van der Waals surface area contributed by atoms with E-state index in [2.05, 4.69) is 10.3 Å². The summed E-state index contributed by atoms with van der Waals surface area (Å²) in [5, 5.41) is 3.14. The minimum atomic E-state index is -3.06. The molecule has 2 aromatic rings. The lowest BCUT2D eigenvalue weighted by Crippen LogP contribution is -2.36. The first-order valence-corrected chi connectivity index (χ1v) is 9.73. The molecule has 0 radical (unpaired) electrons. The van der Waals surface area contributed by atoms with E-state index in [9.17, 15) is 17.6 Å². The van der Waals surface area contributed by atoms with Crippen LogP contribution in [0.15, 0.2) is 24.3 Å². The topological polar surface area (TPSA) is 76.1 Å². The summed E-state index contributed by atoms with van der Waals surface area (Å²) in [5.41, 5.74) is 0.570. The van der Waals surface area contributed by atoms with Crippen molar-refractivity contribution in [3.8, 4) is 10.6 Å². The molecule has 1 N–H and O–H groups in total. The van der Waals surface area contributed by atoms with Gasteiger partial charge in [-0.15, -0.1) is 11.3 Å². The maximum absolute atomic E-state index is 13.8. The lowest BCUT2D eigenvalue weighted by Gasteiger charge is -2.09. The summed E-state index contributed by atoms with van der Waals surface area (Å²) in [6, 6.07) is 5.87. The number of hydrogen-bond acceptors (Lipinski definition) is 5. The molecule has 1 atom stereocenters. The summed E-state index contributed by atoms with van der Waals surface area (Å²) in [7, 11) is -3.06. The molecule has 0 bridgehead atoms. The van der Waals surface area contributed by atoms with E-state index in [0.717, 1.165) is 0 Å². The predicted molar refractivity (Wildman–Crippen MR) is 86.8 cm³/mol. The number of amides is 1. The average molecular weight is 354 g/mol. The number of aryl methyl sites for hydroxylation is 1. The van der Waals surface area contributed by atoms with E-state index >= 15 is 0 Å². The Kier molecular flexibility index (Phi) is 4.20. The summed E-state index contributed by atoms with van der Waals surface area (Å²) in [4.78, 5) is 17.2. The zero-order valence-corrected chi connectivity index (χ0v) is 14.0. The number of thiazole rings is 1. The maximum atomic E-state index is 13.8. The van der Waals surface area contributed by atoms with Crippen LogP contribution in [0.1, 0.15) is 21.8 Å². The highest BCUT2D eigenvalue weighted by Crippen LogP contribution is 2.29. The lowest BCUT2D eigenvalue weighted by atomic mass is 10.2. The van der Waals surface area contributed by atoms with Crippen molar-refractivity contribution in [2.45, 2.75) is 19.4 Å². The number of halogens is 1. The molecule has 0 unspecified atom stereocenters. The molecule has 8 heteroatoms. The fraction of sp³-hybridized carbons (Fsp3) is 0.333. The molecule has 2 heterocycles. The molecule has 1 aromatic heterocycles. The molecule has 3 rings (SSSR count). The number of carbonyl (C=O) groups excluding carboxylic acids is 1. The first kappa shape index (κ1) is 16.1. The Labute approximate surface area is 137 Å². The van der Waals surface area contributed by atoms with Gasteiger partial charge in [-0.1, -0.05) is 12.1 Å². The summed E-state index contributed by atoms with van der Waals surface area (Å²) < 4.78 is 36.7. The smallest absolute Gasteiger partial charge is 0.271 e. The molecule has 1 amide bonds. The van der Waals surface area contributed by atoms with Crippen molar-refractivity contribution in [1.82, 2.24) is 10.3 Å². The van der Waals surface area contributed by atoms with Gasteiger partial charge in [0.15, 0.2) is 9.84 Å². The van der Waals surface area contributed by atoms with Crippen molar-refractivity contribution in [2.75, 3.05) is 11.5 Å². The number of nitrogens with zero attached hydrogens (tertiary/aromatic N) is 1. The lowest BCUT2D eigenvalue weighted by molar-refractivity contribution is 0.0936.